The highest BCUT2D eigenvalue weighted by Gasteiger charge is 2.25. The van der Waals surface area contributed by atoms with Gasteiger partial charge in [-0.2, -0.15) is 5.26 Å². The van der Waals surface area contributed by atoms with E-state index >= 15 is 0 Å². The van der Waals surface area contributed by atoms with Gasteiger partial charge >= 0.3 is 6.09 Å². The van der Waals surface area contributed by atoms with Gasteiger partial charge in [-0.05, 0) is 75.6 Å². The molecule has 1 aromatic carbocycles. The molecule has 1 aliphatic rings. The van der Waals surface area contributed by atoms with Gasteiger partial charge in [-0.3, -0.25) is 4.79 Å². The first-order valence-corrected chi connectivity index (χ1v) is 11.1. The van der Waals surface area contributed by atoms with Crippen LogP contribution in [0.1, 0.15) is 36.7 Å². The Bertz CT molecular complexity index is 1070. The maximum Gasteiger partial charge on any atom is 0.409 e. The molecule has 33 heavy (non-hydrogen) atoms. The van der Waals surface area contributed by atoms with Gasteiger partial charge in [-0.15, -0.1) is 0 Å². The Morgan fingerprint density at radius 2 is 1.88 bits per heavy atom. The van der Waals surface area contributed by atoms with Crippen molar-refractivity contribution in [2.75, 3.05) is 26.8 Å². The molecule has 1 aliphatic heterocycles. The smallest absolute Gasteiger partial charge is 0.409 e. The predicted octanol–water partition coefficient (Wildman–Crippen LogP) is 3.75. The first kappa shape index (κ1) is 23.9. The second-order valence-corrected chi connectivity index (χ2v) is 7.96. The van der Waals surface area contributed by atoms with Crippen molar-refractivity contribution in [1.82, 2.24) is 14.8 Å². The SMILES string of the molecule is CCOC(=O)N1CCC(NC(=O)/C(C#N)=C/c2cc(C)n(-c3ccc(OC)cc3)c2C)CC1. The molecule has 1 saturated heterocycles. The Morgan fingerprint density at radius 1 is 1.21 bits per heavy atom. The summed E-state index contributed by atoms with van der Waals surface area (Å²) in [6.07, 6.45) is 2.54. The summed E-state index contributed by atoms with van der Waals surface area (Å²) < 4.78 is 12.3. The van der Waals surface area contributed by atoms with Crippen molar-refractivity contribution in [1.29, 1.82) is 5.26 Å². The number of aryl methyl sites for hydroxylation is 1. The van der Waals surface area contributed by atoms with Gasteiger partial charge in [-0.1, -0.05) is 0 Å². The molecule has 0 saturated carbocycles. The molecule has 8 nitrogen and oxygen atoms in total. The van der Waals surface area contributed by atoms with E-state index < -0.39 is 5.91 Å². The number of likely N-dealkylation sites (tertiary alicyclic amines) is 1. The van der Waals surface area contributed by atoms with Gasteiger partial charge in [0, 0.05) is 36.2 Å². The van der Waals surface area contributed by atoms with Gasteiger partial charge in [-0.25, -0.2) is 4.79 Å². The van der Waals surface area contributed by atoms with Crippen LogP contribution in [0.3, 0.4) is 0 Å². The van der Waals surface area contributed by atoms with Crippen LogP contribution >= 0.6 is 0 Å². The van der Waals surface area contributed by atoms with E-state index in [-0.39, 0.29) is 17.7 Å². The molecule has 2 heterocycles. The Kier molecular flexibility index (Phi) is 7.78. The zero-order chi connectivity index (χ0) is 24.0. The fraction of sp³-hybridized carbons (Fsp3) is 0.400. The third-order valence-electron chi connectivity index (χ3n) is 5.82. The van der Waals surface area contributed by atoms with E-state index in [1.807, 2.05) is 50.2 Å². The highest BCUT2D eigenvalue weighted by molar-refractivity contribution is 6.02. The number of amides is 2. The third kappa shape index (κ3) is 5.55. The summed E-state index contributed by atoms with van der Waals surface area (Å²) in [4.78, 5) is 26.3. The van der Waals surface area contributed by atoms with Gasteiger partial charge in [0.2, 0.25) is 0 Å². The molecule has 1 fully saturated rings. The summed E-state index contributed by atoms with van der Waals surface area (Å²) >= 11 is 0. The minimum atomic E-state index is -0.402. The van der Waals surface area contributed by atoms with Gasteiger partial charge < -0.3 is 24.3 Å². The van der Waals surface area contributed by atoms with Crippen molar-refractivity contribution < 1.29 is 19.1 Å². The molecule has 8 heteroatoms. The number of aromatic nitrogens is 1. The fourth-order valence-electron chi connectivity index (χ4n) is 4.05. The zero-order valence-corrected chi connectivity index (χ0v) is 19.6. The molecule has 0 radical (unpaired) electrons. The Morgan fingerprint density at radius 3 is 2.45 bits per heavy atom. The van der Waals surface area contributed by atoms with Crippen LogP contribution in [0.2, 0.25) is 0 Å². The number of nitrogens with zero attached hydrogens (tertiary/aromatic N) is 3. The highest BCUT2D eigenvalue weighted by Crippen LogP contribution is 2.24. The number of ether oxygens (including phenoxy) is 2. The van der Waals surface area contributed by atoms with E-state index in [2.05, 4.69) is 9.88 Å². The number of hydrogen-bond donors (Lipinski definition) is 1. The molecular formula is C25H30N4O4. The monoisotopic (exact) mass is 450 g/mol. The van der Waals surface area contributed by atoms with Gasteiger partial charge in [0.05, 0.1) is 13.7 Å². The highest BCUT2D eigenvalue weighted by atomic mass is 16.6. The second kappa shape index (κ2) is 10.7. The van der Waals surface area contributed by atoms with Crippen LogP contribution < -0.4 is 10.1 Å². The van der Waals surface area contributed by atoms with Crippen molar-refractivity contribution in [3.63, 3.8) is 0 Å². The Labute approximate surface area is 194 Å². The van der Waals surface area contributed by atoms with E-state index in [4.69, 9.17) is 9.47 Å². The number of carbonyl (C=O) groups excluding carboxylic acids is 2. The molecule has 0 atom stereocenters. The Balaban J connectivity index is 1.71. The summed E-state index contributed by atoms with van der Waals surface area (Å²) in [5.41, 5.74) is 3.76. The molecular weight excluding hydrogens is 420 g/mol. The molecule has 1 aromatic heterocycles. The van der Waals surface area contributed by atoms with E-state index in [0.717, 1.165) is 28.4 Å². The number of piperidine rings is 1. The summed E-state index contributed by atoms with van der Waals surface area (Å²) in [6, 6.07) is 11.6. The van der Waals surface area contributed by atoms with Crippen LogP contribution in [0.5, 0.6) is 5.75 Å². The number of benzene rings is 1. The quantitative estimate of drug-likeness (QED) is 0.534. The summed E-state index contributed by atoms with van der Waals surface area (Å²) in [6.45, 7) is 7.08. The van der Waals surface area contributed by atoms with E-state index in [9.17, 15) is 14.9 Å². The first-order chi connectivity index (χ1) is 15.9. The Hall–Kier alpha value is -3.73. The summed E-state index contributed by atoms with van der Waals surface area (Å²) in [7, 11) is 1.63. The second-order valence-electron chi connectivity index (χ2n) is 7.96. The molecule has 1 N–H and O–H groups in total. The fourth-order valence-corrected chi connectivity index (χ4v) is 4.05. The molecule has 0 spiro atoms. The lowest BCUT2D eigenvalue weighted by Crippen LogP contribution is -2.46. The van der Waals surface area contributed by atoms with E-state index in [1.165, 1.54) is 0 Å². The average molecular weight is 451 g/mol. The number of rotatable bonds is 6. The number of carbonyl (C=O) groups is 2. The summed E-state index contributed by atoms with van der Waals surface area (Å²) in [5.74, 6) is 0.374. The van der Waals surface area contributed by atoms with Gasteiger partial charge in [0.1, 0.15) is 17.4 Å². The lowest BCUT2D eigenvalue weighted by atomic mass is 10.0. The summed E-state index contributed by atoms with van der Waals surface area (Å²) in [5, 5.41) is 12.6. The standard InChI is InChI=1S/C25H30N4O4/c1-5-33-25(31)28-12-10-21(11-13-28)27-24(30)20(16-26)15-19-14-17(2)29(18(19)3)22-6-8-23(32-4)9-7-22/h6-9,14-15,21H,5,10-13H2,1-4H3,(H,27,30)/b20-15+. The van der Waals surface area contributed by atoms with Crippen LogP contribution in [0, 0.1) is 25.2 Å². The number of nitriles is 1. The van der Waals surface area contributed by atoms with Crippen molar-refractivity contribution in [2.45, 2.75) is 39.7 Å². The molecule has 0 aliphatic carbocycles. The van der Waals surface area contributed by atoms with Crippen molar-refractivity contribution >= 4 is 18.1 Å². The molecule has 0 unspecified atom stereocenters. The topological polar surface area (TPSA) is 96.6 Å². The minimum absolute atomic E-state index is 0.0535. The maximum absolute atomic E-state index is 12.8. The number of nitrogens with one attached hydrogen (secondary N) is 1. The van der Waals surface area contributed by atoms with Crippen LogP contribution in [0.4, 0.5) is 4.79 Å². The van der Waals surface area contributed by atoms with Gasteiger partial charge in [0.15, 0.2) is 0 Å². The van der Waals surface area contributed by atoms with Crippen LogP contribution in [-0.2, 0) is 9.53 Å². The maximum atomic E-state index is 12.8. The van der Waals surface area contributed by atoms with Crippen LogP contribution in [0.15, 0.2) is 35.9 Å². The number of methoxy groups -OCH3 is 1. The molecule has 2 amide bonds. The van der Waals surface area contributed by atoms with E-state index in [0.29, 0.717) is 32.5 Å². The minimum Gasteiger partial charge on any atom is -0.497 e. The average Bonchev–Trinajstić information content (AvgIpc) is 3.10. The lowest BCUT2D eigenvalue weighted by molar-refractivity contribution is -0.118. The predicted molar refractivity (Wildman–Crippen MR) is 125 cm³/mol. The van der Waals surface area contributed by atoms with Crippen molar-refractivity contribution in [3.8, 4) is 17.5 Å². The number of hydrogen-bond acceptors (Lipinski definition) is 5. The third-order valence-corrected chi connectivity index (χ3v) is 5.82. The van der Waals surface area contributed by atoms with Gasteiger partial charge in [0.25, 0.3) is 5.91 Å². The first-order valence-electron chi connectivity index (χ1n) is 11.1. The van der Waals surface area contributed by atoms with Crippen molar-refractivity contribution in [3.05, 3.63) is 52.9 Å². The molecule has 3 rings (SSSR count). The molecule has 0 bridgehead atoms. The zero-order valence-electron chi connectivity index (χ0n) is 19.6. The van der Waals surface area contributed by atoms with Crippen LogP contribution in [-0.4, -0.2) is 54.3 Å². The van der Waals surface area contributed by atoms with Crippen molar-refractivity contribution in [2.24, 2.45) is 0 Å². The normalized spacial score (nSPS) is 14.5. The van der Waals surface area contributed by atoms with E-state index in [1.54, 1.807) is 25.0 Å². The molecule has 2 aromatic rings. The largest absolute Gasteiger partial charge is 0.497 e. The molecule has 174 valence electrons. The lowest BCUT2D eigenvalue weighted by Gasteiger charge is -2.31. The van der Waals surface area contributed by atoms with Crippen LogP contribution in [0.25, 0.3) is 11.8 Å².